The van der Waals surface area contributed by atoms with Crippen LogP contribution in [-0.2, 0) is 0 Å². The third-order valence-corrected chi connectivity index (χ3v) is 5.95. The zero-order valence-corrected chi connectivity index (χ0v) is 13.1. The van der Waals surface area contributed by atoms with Crippen LogP contribution >= 0.6 is 0 Å². The molecule has 0 aromatic heterocycles. The van der Waals surface area contributed by atoms with Gasteiger partial charge in [0.2, 0.25) is 6.43 Å². The van der Waals surface area contributed by atoms with Crippen molar-refractivity contribution >= 4 is 0 Å². The standard InChI is InChI=1S/C18H32F2/c1-2-3-4-5-14-6-8-15(9-7-14)16-10-12-17(13-11-16)18(19)20/h14-18H,2-13H2,1H3/t14-,15-,16-,17-. The van der Waals surface area contributed by atoms with Gasteiger partial charge < -0.3 is 0 Å². The molecule has 2 rings (SSSR count). The predicted octanol–water partition coefficient (Wildman–Crippen LogP) is 6.44. The Morgan fingerprint density at radius 2 is 1.35 bits per heavy atom. The highest BCUT2D eigenvalue weighted by atomic mass is 19.3. The van der Waals surface area contributed by atoms with Crippen molar-refractivity contribution in [3.05, 3.63) is 0 Å². The number of alkyl halides is 2. The van der Waals surface area contributed by atoms with Gasteiger partial charge in [-0.1, -0.05) is 45.4 Å². The molecule has 20 heavy (non-hydrogen) atoms. The Morgan fingerprint density at radius 1 is 0.800 bits per heavy atom. The SMILES string of the molecule is CCCCC[C@H]1CC[C@H]([C@H]2CC[C@H](C(F)F)CC2)CC1. The highest BCUT2D eigenvalue weighted by Crippen LogP contribution is 2.43. The van der Waals surface area contributed by atoms with Crippen molar-refractivity contribution in [3.8, 4) is 0 Å². The van der Waals surface area contributed by atoms with Crippen LogP contribution in [-0.4, -0.2) is 6.43 Å². The number of unbranched alkanes of at least 4 members (excludes halogenated alkanes) is 2. The number of halogens is 2. The maximum absolute atomic E-state index is 12.7. The molecule has 0 aromatic carbocycles. The average molecular weight is 286 g/mol. The zero-order chi connectivity index (χ0) is 14.4. The molecule has 0 atom stereocenters. The first-order chi connectivity index (χ1) is 9.70. The molecule has 0 radical (unpaired) electrons. The fraction of sp³-hybridized carbons (Fsp3) is 1.00. The Balaban J connectivity index is 1.64. The van der Waals surface area contributed by atoms with E-state index in [9.17, 15) is 8.78 Å². The number of rotatable bonds is 6. The zero-order valence-electron chi connectivity index (χ0n) is 13.1. The Morgan fingerprint density at radius 3 is 1.85 bits per heavy atom. The lowest BCUT2D eigenvalue weighted by molar-refractivity contribution is 0.0339. The van der Waals surface area contributed by atoms with Crippen molar-refractivity contribution in [3.63, 3.8) is 0 Å². The van der Waals surface area contributed by atoms with Gasteiger partial charge in [0.15, 0.2) is 0 Å². The van der Waals surface area contributed by atoms with Gasteiger partial charge in [-0.25, -0.2) is 8.78 Å². The molecule has 2 fully saturated rings. The summed E-state index contributed by atoms with van der Waals surface area (Å²) in [6.07, 6.45) is 12.7. The lowest BCUT2D eigenvalue weighted by Gasteiger charge is -2.37. The van der Waals surface area contributed by atoms with E-state index in [0.717, 1.165) is 43.4 Å². The third-order valence-electron chi connectivity index (χ3n) is 5.95. The molecule has 0 amide bonds. The summed E-state index contributed by atoms with van der Waals surface area (Å²) in [7, 11) is 0. The summed E-state index contributed by atoms with van der Waals surface area (Å²) in [6, 6.07) is 0. The Hall–Kier alpha value is -0.140. The monoisotopic (exact) mass is 286 g/mol. The van der Waals surface area contributed by atoms with E-state index in [-0.39, 0.29) is 5.92 Å². The lowest BCUT2D eigenvalue weighted by Crippen LogP contribution is -2.27. The molecule has 2 aliphatic carbocycles. The van der Waals surface area contributed by atoms with E-state index >= 15 is 0 Å². The molecular formula is C18H32F2. The smallest absolute Gasteiger partial charge is 0.210 e. The summed E-state index contributed by atoms with van der Waals surface area (Å²) in [5.41, 5.74) is 0. The van der Waals surface area contributed by atoms with Gasteiger partial charge in [-0.2, -0.15) is 0 Å². The minimum atomic E-state index is -2.08. The molecule has 2 saturated carbocycles. The molecule has 2 heteroatoms. The Labute approximate surface area is 123 Å². The normalized spacial score (nSPS) is 35.4. The molecule has 118 valence electrons. The highest BCUT2D eigenvalue weighted by molar-refractivity contribution is 4.82. The summed E-state index contributed by atoms with van der Waals surface area (Å²) in [5.74, 6) is 2.30. The minimum Gasteiger partial charge on any atom is -0.210 e. The maximum Gasteiger partial charge on any atom is 0.241 e. The van der Waals surface area contributed by atoms with E-state index in [0.29, 0.717) is 0 Å². The predicted molar refractivity (Wildman–Crippen MR) is 81.0 cm³/mol. The lowest BCUT2D eigenvalue weighted by atomic mass is 9.68. The first-order valence-corrected chi connectivity index (χ1v) is 8.98. The summed E-state index contributed by atoms with van der Waals surface area (Å²) in [5, 5.41) is 0. The topological polar surface area (TPSA) is 0 Å². The highest BCUT2D eigenvalue weighted by Gasteiger charge is 2.33. The van der Waals surface area contributed by atoms with E-state index in [2.05, 4.69) is 6.92 Å². The van der Waals surface area contributed by atoms with Crippen LogP contribution in [0.25, 0.3) is 0 Å². The number of hydrogen-bond acceptors (Lipinski definition) is 0. The second-order valence-corrected chi connectivity index (χ2v) is 7.29. The van der Waals surface area contributed by atoms with Gasteiger partial charge in [0, 0.05) is 5.92 Å². The van der Waals surface area contributed by atoms with Crippen LogP contribution in [0.5, 0.6) is 0 Å². The van der Waals surface area contributed by atoms with Crippen LogP contribution in [0.1, 0.15) is 84.0 Å². The van der Waals surface area contributed by atoms with Crippen LogP contribution in [0.3, 0.4) is 0 Å². The van der Waals surface area contributed by atoms with Crippen molar-refractivity contribution in [1.29, 1.82) is 0 Å². The Bertz CT molecular complexity index is 248. The second kappa shape index (κ2) is 8.34. The first-order valence-electron chi connectivity index (χ1n) is 8.98. The Kier molecular flexibility index (Phi) is 6.77. The molecule has 0 unspecified atom stereocenters. The van der Waals surface area contributed by atoms with Gasteiger partial charge in [0.05, 0.1) is 0 Å². The van der Waals surface area contributed by atoms with Crippen LogP contribution in [0.2, 0.25) is 0 Å². The second-order valence-electron chi connectivity index (χ2n) is 7.29. The molecule has 0 heterocycles. The summed E-state index contributed by atoms with van der Waals surface area (Å²) >= 11 is 0. The fourth-order valence-corrected chi connectivity index (χ4v) is 4.50. The molecule has 0 spiro atoms. The van der Waals surface area contributed by atoms with Crippen molar-refractivity contribution in [2.75, 3.05) is 0 Å². The van der Waals surface area contributed by atoms with Gasteiger partial charge in [-0.05, 0) is 56.3 Å². The van der Waals surface area contributed by atoms with Crippen LogP contribution in [0.4, 0.5) is 8.78 Å². The van der Waals surface area contributed by atoms with Crippen LogP contribution < -0.4 is 0 Å². The van der Waals surface area contributed by atoms with Crippen LogP contribution in [0, 0.1) is 23.7 Å². The van der Waals surface area contributed by atoms with E-state index in [1.165, 1.54) is 51.4 Å². The van der Waals surface area contributed by atoms with E-state index in [1.807, 2.05) is 0 Å². The molecule has 0 bridgehead atoms. The van der Waals surface area contributed by atoms with E-state index < -0.39 is 6.43 Å². The van der Waals surface area contributed by atoms with Crippen molar-refractivity contribution < 1.29 is 8.78 Å². The van der Waals surface area contributed by atoms with E-state index in [4.69, 9.17) is 0 Å². The fourth-order valence-electron chi connectivity index (χ4n) is 4.50. The molecule has 0 nitrogen and oxygen atoms in total. The van der Waals surface area contributed by atoms with Crippen molar-refractivity contribution in [1.82, 2.24) is 0 Å². The molecule has 0 aliphatic heterocycles. The van der Waals surface area contributed by atoms with Gasteiger partial charge in [0.1, 0.15) is 0 Å². The van der Waals surface area contributed by atoms with Crippen molar-refractivity contribution in [2.45, 2.75) is 90.4 Å². The summed E-state index contributed by atoms with van der Waals surface area (Å²) in [4.78, 5) is 0. The average Bonchev–Trinajstić information content (AvgIpc) is 2.48. The quantitative estimate of drug-likeness (QED) is 0.492. The largest absolute Gasteiger partial charge is 0.241 e. The number of hydrogen-bond donors (Lipinski definition) is 0. The molecule has 0 saturated heterocycles. The molecule has 0 aromatic rings. The van der Waals surface area contributed by atoms with Crippen LogP contribution in [0.15, 0.2) is 0 Å². The third kappa shape index (κ3) is 4.70. The maximum atomic E-state index is 12.7. The van der Waals surface area contributed by atoms with Gasteiger partial charge in [-0.15, -0.1) is 0 Å². The van der Waals surface area contributed by atoms with Gasteiger partial charge >= 0.3 is 0 Å². The van der Waals surface area contributed by atoms with Gasteiger partial charge in [0.25, 0.3) is 0 Å². The molecule has 2 aliphatic rings. The molecular weight excluding hydrogens is 254 g/mol. The van der Waals surface area contributed by atoms with E-state index in [1.54, 1.807) is 0 Å². The van der Waals surface area contributed by atoms with Gasteiger partial charge in [-0.3, -0.25) is 0 Å². The summed E-state index contributed by atoms with van der Waals surface area (Å²) in [6.45, 7) is 2.27. The van der Waals surface area contributed by atoms with Crippen molar-refractivity contribution in [2.24, 2.45) is 23.7 Å². The minimum absolute atomic E-state index is 0.295. The molecule has 0 N–H and O–H groups in total. The summed E-state index contributed by atoms with van der Waals surface area (Å²) < 4.78 is 25.4. The first kappa shape index (κ1) is 16.2.